The van der Waals surface area contributed by atoms with Gasteiger partial charge in [-0.25, -0.2) is 4.21 Å². The highest BCUT2D eigenvalue weighted by Crippen LogP contribution is 2.14. The first kappa shape index (κ1) is 24.9. The molecule has 0 aliphatic rings. The van der Waals surface area contributed by atoms with Crippen LogP contribution < -0.4 is 0 Å². The highest BCUT2D eigenvalue weighted by Gasteiger charge is 2.16. The van der Waals surface area contributed by atoms with Crippen LogP contribution in [0.3, 0.4) is 0 Å². The van der Waals surface area contributed by atoms with Gasteiger partial charge in [-0.05, 0) is 56.7 Å². The van der Waals surface area contributed by atoms with Crippen molar-refractivity contribution in [3.05, 3.63) is 95.3 Å². The van der Waals surface area contributed by atoms with Crippen LogP contribution in [0.5, 0.6) is 0 Å². The second kappa shape index (κ2) is 10.4. The van der Waals surface area contributed by atoms with E-state index in [-0.39, 0.29) is 18.0 Å². The molecule has 1 unspecified atom stereocenters. The van der Waals surface area contributed by atoms with Crippen molar-refractivity contribution in [3.63, 3.8) is 0 Å². The van der Waals surface area contributed by atoms with E-state index in [0.717, 1.165) is 11.1 Å². The molecule has 2 aromatic carbocycles. The fourth-order valence-electron chi connectivity index (χ4n) is 2.96. The van der Waals surface area contributed by atoms with Gasteiger partial charge in [0.15, 0.2) is 0 Å². The molecule has 0 N–H and O–H groups in total. The summed E-state index contributed by atoms with van der Waals surface area (Å²) in [7, 11) is -2.87. The molecule has 3 aromatic rings. The summed E-state index contributed by atoms with van der Waals surface area (Å²) in [5, 5.41) is 0. The summed E-state index contributed by atoms with van der Waals surface area (Å²) < 4.78 is 22.1. The highest BCUT2D eigenvalue weighted by atomic mass is 32.2. The molecule has 0 fully saturated rings. The van der Waals surface area contributed by atoms with Crippen molar-refractivity contribution in [1.29, 1.82) is 0 Å². The van der Waals surface area contributed by atoms with Crippen LogP contribution in [0, 0.1) is 11.8 Å². The van der Waals surface area contributed by atoms with Crippen LogP contribution in [-0.4, -0.2) is 32.9 Å². The lowest BCUT2D eigenvalue weighted by molar-refractivity contribution is -0.153. The second-order valence-electron chi connectivity index (χ2n) is 8.68. The fraction of sp³-hybridized carbons (Fsp3) is 0.222. The molecule has 0 aliphatic carbocycles. The third kappa shape index (κ3) is 7.39. The summed E-state index contributed by atoms with van der Waals surface area (Å²) >= 11 is 0. The Balaban J connectivity index is 1.72. The number of nitrogens with zero attached hydrogens (tertiary/aromatic N) is 2. The SMILES string of the molecule is CC(C)(C)OC(=O)Cc1ccc(C#Cc2cncc(C(=O)N=S(C)(=O)c3ccccc3)c2)cc1. The predicted molar refractivity (Wildman–Crippen MR) is 132 cm³/mol. The van der Waals surface area contributed by atoms with Crippen LogP contribution in [0.25, 0.3) is 0 Å². The number of aromatic nitrogens is 1. The van der Waals surface area contributed by atoms with Gasteiger partial charge in [-0.15, -0.1) is 0 Å². The molecule has 7 heteroatoms. The number of hydrogen-bond donors (Lipinski definition) is 0. The molecule has 0 radical (unpaired) electrons. The number of esters is 1. The smallest absolute Gasteiger partial charge is 0.310 e. The molecule has 174 valence electrons. The Morgan fingerprint density at radius 2 is 1.62 bits per heavy atom. The molecular weight excluding hydrogens is 448 g/mol. The van der Waals surface area contributed by atoms with Crippen molar-refractivity contribution in [3.8, 4) is 11.8 Å². The standard InChI is InChI=1S/C27H26N2O4S/c1-27(2,3)33-25(30)17-21-13-10-20(11-14-21)12-15-22-16-23(19-28-18-22)26(31)29-34(4,32)24-8-6-5-7-9-24/h5-11,13-14,16,18-19H,17H2,1-4H3. The van der Waals surface area contributed by atoms with Crippen molar-refractivity contribution in [2.75, 3.05) is 6.26 Å². The van der Waals surface area contributed by atoms with Gasteiger partial charge in [-0.2, -0.15) is 4.36 Å². The number of rotatable bonds is 4. The Hall–Kier alpha value is -3.76. The van der Waals surface area contributed by atoms with E-state index in [4.69, 9.17) is 4.74 Å². The van der Waals surface area contributed by atoms with Gasteiger partial charge in [0.2, 0.25) is 0 Å². The number of pyridine rings is 1. The number of ether oxygens (including phenoxy) is 1. The van der Waals surface area contributed by atoms with Crippen molar-refractivity contribution in [1.82, 2.24) is 4.98 Å². The van der Waals surface area contributed by atoms with Gasteiger partial charge in [-0.3, -0.25) is 14.6 Å². The number of carbonyl (C=O) groups excluding carboxylic acids is 2. The van der Waals surface area contributed by atoms with E-state index in [0.29, 0.717) is 10.5 Å². The van der Waals surface area contributed by atoms with Crippen LogP contribution in [-0.2, 0) is 25.7 Å². The van der Waals surface area contributed by atoms with E-state index in [2.05, 4.69) is 21.2 Å². The van der Waals surface area contributed by atoms with E-state index < -0.39 is 21.2 Å². The Morgan fingerprint density at radius 1 is 0.971 bits per heavy atom. The van der Waals surface area contributed by atoms with Crippen molar-refractivity contribution in [2.24, 2.45) is 4.36 Å². The Kier molecular flexibility index (Phi) is 7.64. The van der Waals surface area contributed by atoms with Gasteiger partial charge in [0.1, 0.15) is 5.60 Å². The molecule has 0 spiro atoms. The maximum absolute atomic E-state index is 12.9. The summed E-state index contributed by atoms with van der Waals surface area (Å²) in [5.41, 5.74) is 1.80. The summed E-state index contributed by atoms with van der Waals surface area (Å²) in [6, 6.07) is 17.5. The zero-order chi connectivity index (χ0) is 24.8. The largest absolute Gasteiger partial charge is 0.460 e. The summed E-state index contributed by atoms with van der Waals surface area (Å²) in [4.78, 5) is 29.1. The average Bonchev–Trinajstić information content (AvgIpc) is 2.78. The van der Waals surface area contributed by atoms with Crippen LogP contribution in [0.2, 0.25) is 0 Å². The van der Waals surface area contributed by atoms with Gasteiger partial charge in [0.25, 0.3) is 5.91 Å². The van der Waals surface area contributed by atoms with E-state index in [1.807, 2.05) is 51.1 Å². The summed E-state index contributed by atoms with van der Waals surface area (Å²) in [6.45, 7) is 5.50. The zero-order valence-electron chi connectivity index (χ0n) is 19.6. The first-order chi connectivity index (χ1) is 16.0. The minimum Gasteiger partial charge on any atom is -0.460 e. The minimum atomic E-state index is -2.87. The number of carbonyl (C=O) groups is 2. The van der Waals surface area contributed by atoms with E-state index in [9.17, 15) is 13.8 Å². The first-order valence-corrected chi connectivity index (χ1v) is 12.5. The minimum absolute atomic E-state index is 0.187. The lowest BCUT2D eigenvalue weighted by atomic mass is 10.1. The number of amides is 1. The topological polar surface area (TPSA) is 85.7 Å². The van der Waals surface area contributed by atoms with Crippen LogP contribution in [0.15, 0.2) is 82.3 Å². The quantitative estimate of drug-likeness (QED) is 0.405. The van der Waals surface area contributed by atoms with Gasteiger partial charge in [0.05, 0.1) is 21.7 Å². The number of benzene rings is 2. The van der Waals surface area contributed by atoms with Gasteiger partial charge < -0.3 is 4.74 Å². The molecule has 1 heterocycles. The molecule has 1 aromatic heterocycles. The fourth-order valence-corrected chi connectivity index (χ4v) is 4.15. The van der Waals surface area contributed by atoms with E-state index >= 15 is 0 Å². The molecule has 1 amide bonds. The monoisotopic (exact) mass is 474 g/mol. The Morgan fingerprint density at radius 3 is 2.26 bits per heavy atom. The first-order valence-electron chi connectivity index (χ1n) is 10.6. The lowest BCUT2D eigenvalue weighted by Gasteiger charge is -2.19. The molecule has 0 saturated heterocycles. The van der Waals surface area contributed by atoms with Gasteiger partial charge >= 0.3 is 5.97 Å². The Labute approximate surface area is 200 Å². The van der Waals surface area contributed by atoms with Crippen LogP contribution in [0.1, 0.15) is 47.8 Å². The zero-order valence-corrected chi connectivity index (χ0v) is 20.4. The van der Waals surface area contributed by atoms with Crippen molar-refractivity contribution >= 4 is 21.6 Å². The molecule has 1 atom stereocenters. The maximum Gasteiger partial charge on any atom is 0.310 e. The molecule has 3 rings (SSSR count). The lowest BCUT2D eigenvalue weighted by Crippen LogP contribution is -2.24. The summed E-state index contributed by atoms with van der Waals surface area (Å²) in [5.74, 6) is 5.09. The van der Waals surface area contributed by atoms with Gasteiger partial charge in [0, 0.05) is 34.7 Å². The van der Waals surface area contributed by atoms with Crippen molar-refractivity contribution in [2.45, 2.75) is 37.7 Å². The third-order valence-corrected chi connectivity index (χ3v) is 6.16. The predicted octanol–water partition coefficient (Wildman–Crippen LogP) is 4.66. The highest BCUT2D eigenvalue weighted by molar-refractivity contribution is 7.93. The molecule has 0 saturated carbocycles. The average molecular weight is 475 g/mol. The molecule has 0 aliphatic heterocycles. The van der Waals surface area contributed by atoms with Crippen LogP contribution in [0.4, 0.5) is 0 Å². The van der Waals surface area contributed by atoms with E-state index in [1.54, 1.807) is 36.5 Å². The third-order valence-electron chi connectivity index (χ3n) is 4.50. The van der Waals surface area contributed by atoms with E-state index in [1.165, 1.54) is 12.5 Å². The van der Waals surface area contributed by atoms with Gasteiger partial charge in [-0.1, -0.05) is 42.2 Å². The number of hydrogen-bond acceptors (Lipinski definition) is 5. The molecule has 6 nitrogen and oxygen atoms in total. The molecular formula is C27H26N2O4S. The van der Waals surface area contributed by atoms with Crippen molar-refractivity contribution < 1.29 is 18.5 Å². The van der Waals surface area contributed by atoms with Crippen LogP contribution >= 0.6 is 0 Å². The molecule has 0 bridgehead atoms. The maximum atomic E-state index is 12.9. The second-order valence-corrected chi connectivity index (χ2v) is 10.9. The normalized spacial score (nSPS) is 12.6. The molecule has 34 heavy (non-hydrogen) atoms. The summed E-state index contributed by atoms with van der Waals surface area (Å²) in [6.07, 6.45) is 4.54. The Bertz CT molecular complexity index is 1370.